The number of nitrogens with zero attached hydrogens (tertiary/aromatic N) is 3. The maximum absolute atomic E-state index is 12.4. The van der Waals surface area contributed by atoms with Crippen molar-refractivity contribution in [3.8, 4) is 0 Å². The van der Waals surface area contributed by atoms with Crippen LogP contribution >= 0.6 is 24.0 Å². The van der Waals surface area contributed by atoms with Crippen molar-refractivity contribution >= 4 is 47.3 Å². The van der Waals surface area contributed by atoms with Crippen molar-refractivity contribution in [3.63, 3.8) is 0 Å². The molecule has 2 amide bonds. The fraction of sp³-hybridized carbons (Fsp3) is 0.462. The van der Waals surface area contributed by atoms with Crippen LogP contribution in [0.5, 0.6) is 0 Å². The molecule has 2 aromatic carbocycles. The van der Waals surface area contributed by atoms with Crippen LogP contribution in [0.1, 0.15) is 37.3 Å². The van der Waals surface area contributed by atoms with Crippen LogP contribution in [0.3, 0.4) is 0 Å². The molecule has 0 bridgehead atoms. The predicted molar refractivity (Wildman–Crippen MR) is 151 cm³/mol. The lowest BCUT2D eigenvalue weighted by Crippen LogP contribution is -2.44. The highest BCUT2D eigenvalue weighted by molar-refractivity contribution is 14.0. The maximum atomic E-state index is 12.4. The lowest BCUT2D eigenvalue weighted by Gasteiger charge is -2.20. The highest BCUT2D eigenvalue weighted by Crippen LogP contribution is 2.21. The Morgan fingerprint density at radius 3 is 2.59 bits per heavy atom. The third-order valence-corrected chi connectivity index (χ3v) is 6.26. The lowest BCUT2D eigenvalue weighted by molar-refractivity contribution is 0.222. The molecule has 0 aliphatic carbocycles. The Morgan fingerprint density at radius 2 is 1.85 bits per heavy atom. The Labute approximate surface area is 220 Å². The van der Waals surface area contributed by atoms with Gasteiger partial charge in [0.05, 0.1) is 6.54 Å². The predicted octanol–water partition coefficient (Wildman–Crippen LogP) is 4.57. The average Bonchev–Trinajstić information content (AvgIpc) is 3.51. The number of halogens is 1. The molecule has 7 nitrogen and oxygen atoms in total. The first-order chi connectivity index (χ1) is 16.1. The van der Waals surface area contributed by atoms with Crippen LogP contribution in [0.4, 0.5) is 16.2 Å². The molecule has 3 N–H and O–H groups in total. The second-order valence-corrected chi connectivity index (χ2v) is 8.93. The first kappa shape index (κ1) is 26.1. The summed E-state index contributed by atoms with van der Waals surface area (Å²) < 4.78 is 0. The summed E-state index contributed by atoms with van der Waals surface area (Å²) in [6, 6.07) is 17.1. The van der Waals surface area contributed by atoms with Crippen molar-refractivity contribution in [2.24, 2.45) is 4.99 Å². The summed E-state index contributed by atoms with van der Waals surface area (Å²) >= 11 is 0. The summed E-state index contributed by atoms with van der Waals surface area (Å²) in [5, 5.41) is 9.99. The van der Waals surface area contributed by atoms with E-state index in [0.29, 0.717) is 12.6 Å². The Bertz CT molecular complexity index is 958. The molecule has 2 aromatic rings. The van der Waals surface area contributed by atoms with Crippen LogP contribution in [-0.2, 0) is 6.54 Å². The van der Waals surface area contributed by atoms with E-state index in [-0.39, 0.29) is 30.0 Å². The van der Waals surface area contributed by atoms with Crippen molar-refractivity contribution in [1.82, 2.24) is 15.5 Å². The molecule has 34 heavy (non-hydrogen) atoms. The quantitative estimate of drug-likeness (QED) is 0.268. The molecule has 0 saturated carbocycles. The number of hydrogen-bond donors (Lipinski definition) is 3. The molecule has 2 aliphatic heterocycles. The highest BCUT2D eigenvalue weighted by Gasteiger charge is 2.23. The normalized spacial score (nSPS) is 17.9. The van der Waals surface area contributed by atoms with Gasteiger partial charge in [-0.05, 0) is 62.9 Å². The zero-order valence-corrected chi connectivity index (χ0v) is 22.5. The number of carbonyl (C=O) groups is 1. The molecule has 0 spiro atoms. The topological polar surface area (TPSA) is 72.0 Å². The van der Waals surface area contributed by atoms with E-state index in [0.717, 1.165) is 69.2 Å². The van der Waals surface area contributed by atoms with Crippen molar-refractivity contribution in [3.05, 3.63) is 59.7 Å². The van der Waals surface area contributed by atoms with Crippen molar-refractivity contribution < 1.29 is 4.79 Å². The van der Waals surface area contributed by atoms with Gasteiger partial charge in [0.1, 0.15) is 0 Å². The fourth-order valence-electron chi connectivity index (χ4n) is 4.42. The first-order valence-corrected chi connectivity index (χ1v) is 12.1. The summed E-state index contributed by atoms with van der Waals surface area (Å²) in [7, 11) is 0. The summed E-state index contributed by atoms with van der Waals surface area (Å²) in [6.07, 6.45) is 3.26. The van der Waals surface area contributed by atoms with Crippen molar-refractivity contribution in [1.29, 1.82) is 0 Å². The minimum Gasteiger partial charge on any atom is -0.369 e. The van der Waals surface area contributed by atoms with E-state index in [1.54, 1.807) is 0 Å². The molecular weight excluding hydrogens is 539 g/mol. The number of rotatable bonds is 6. The SMILES string of the molecule is CCNC(=NCc1cccc(NC(=O)N2CCCC2)c1)NC1CCN(c2ccc(C)cc2)C1.I. The van der Waals surface area contributed by atoms with Crippen LogP contribution in [-0.4, -0.2) is 55.7 Å². The van der Waals surface area contributed by atoms with Crippen LogP contribution in [0.15, 0.2) is 53.5 Å². The summed E-state index contributed by atoms with van der Waals surface area (Å²) in [6.45, 7) is 9.26. The van der Waals surface area contributed by atoms with E-state index in [1.807, 2.05) is 29.2 Å². The minimum atomic E-state index is -0.0116. The number of hydrogen-bond acceptors (Lipinski definition) is 3. The average molecular weight is 577 g/mol. The minimum absolute atomic E-state index is 0. The van der Waals surface area contributed by atoms with Crippen LogP contribution in [0.2, 0.25) is 0 Å². The molecule has 2 fully saturated rings. The molecule has 8 heteroatoms. The Balaban J connectivity index is 0.00000324. The molecule has 2 aliphatic rings. The van der Waals surface area contributed by atoms with Crippen molar-refractivity contribution in [2.75, 3.05) is 42.9 Å². The standard InChI is InChI=1S/C26H36N6O.HI/c1-3-27-25(29-23-13-16-32(19-23)24-11-9-20(2)10-12-24)28-18-21-7-6-8-22(17-21)30-26(33)31-14-4-5-15-31;/h6-12,17,23H,3-5,13-16,18-19H2,1-2H3,(H,30,33)(H2,27,28,29);1H. The zero-order chi connectivity index (χ0) is 23.0. The van der Waals surface area contributed by atoms with E-state index in [9.17, 15) is 4.79 Å². The third kappa shape index (κ3) is 7.25. The molecule has 1 unspecified atom stereocenters. The second-order valence-electron chi connectivity index (χ2n) is 8.93. The number of guanidine groups is 1. The number of benzene rings is 2. The van der Waals surface area contributed by atoms with Gasteiger partial charge in [-0.25, -0.2) is 9.79 Å². The van der Waals surface area contributed by atoms with Gasteiger partial charge < -0.3 is 25.8 Å². The van der Waals surface area contributed by atoms with Gasteiger partial charge in [-0.1, -0.05) is 29.8 Å². The maximum Gasteiger partial charge on any atom is 0.321 e. The number of urea groups is 1. The van der Waals surface area contributed by atoms with Crippen LogP contribution < -0.4 is 20.9 Å². The van der Waals surface area contributed by atoms with E-state index in [4.69, 9.17) is 4.99 Å². The second kappa shape index (κ2) is 12.8. The number of nitrogens with one attached hydrogen (secondary N) is 3. The Kier molecular flexibility index (Phi) is 9.86. The van der Waals surface area contributed by atoms with Gasteiger partial charge >= 0.3 is 6.03 Å². The Morgan fingerprint density at radius 1 is 1.09 bits per heavy atom. The molecule has 0 radical (unpaired) electrons. The summed E-state index contributed by atoms with van der Waals surface area (Å²) in [5.74, 6) is 0.833. The largest absolute Gasteiger partial charge is 0.369 e. The molecule has 184 valence electrons. The molecule has 4 rings (SSSR count). The van der Waals surface area contributed by atoms with E-state index < -0.39 is 0 Å². The molecule has 2 heterocycles. The molecule has 1 atom stereocenters. The number of likely N-dealkylation sites (tertiary alicyclic amines) is 1. The number of carbonyl (C=O) groups excluding carboxylic acids is 1. The number of aryl methyl sites for hydroxylation is 1. The first-order valence-electron chi connectivity index (χ1n) is 12.1. The van der Waals surface area contributed by atoms with E-state index >= 15 is 0 Å². The third-order valence-electron chi connectivity index (χ3n) is 6.26. The smallest absolute Gasteiger partial charge is 0.321 e. The van der Waals surface area contributed by atoms with Crippen LogP contribution in [0, 0.1) is 6.92 Å². The van der Waals surface area contributed by atoms with Gasteiger partial charge in [-0.15, -0.1) is 24.0 Å². The van der Waals surface area contributed by atoms with Crippen LogP contribution in [0.25, 0.3) is 0 Å². The van der Waals surface area contributed by atoms with E-state index in [1.165, 1.54) is 11.3 Å². The molecular formula is C26H37IN6O. The Hall–Kier alpha value is -2.49. The van der Waals surface area contributed by atoms with Gasteiger partial charge in [-0.3, -0.25) is 0 Å². The molecule has 0 aromatic heterocycles. The van der Waals surface area contributed by atoms with Gasteiger partial charge in [0.2, 0.25) is 0 Å². The summed E-state index contributed by atoms with van der Waals surface area (Å²) in [5.41, 5.74) is 4.45. The van der Waals surface area contributed by atoms with Gasteiger partial charge in [0.25, 0.3) is 0 Å². The lowest BCUT2D eigenvalue weighted by atomic mass is 10.2. The number of aliphatic imine (C=N–C) groups is 1. The monoisotopic (exact) mass is 576 g/mol. The van der Waals surface area contributed by atoms with Gasteiger partial charge in [0, 0.05) is 50.1 Å². The summed E-state index contributed by atoms with van der Waals surface area (Å²) in [4.78, 5) is 21.5. The van der Waals surface area contributed by atoms with Gasteiger partial charge in [0.15, 0.2) is 5.96 Å². The number of anilines is 2. The highest BCUT2D eigenvalue weighted by atomic mass is 127. The van der Waals surface area contributed by atoms with E-state index in [2.05, 4.69) is 59.0 Å². The van der Waals surface area contributed by atoms with Gasteiger partial charge in [-0.2, -0.15) is 0 Å². The van der Waals surface area contributed by atoms with Crippen molar-refractivity contribution in [2.45, 2.75) is 45.7 Å². The molecule has 2 saturated heterocycles. The number of amides is 2. The zero-order valence-electron chi connectivity index (χ0n) is 20.2. The fourth-order valence-corrected chi connectivity index (χ4v) is 4.42.